The summed E-state index contributed by atoms with van der Waals surface area (Å²) in [7, 11) is 0. The third kappa shape index (κ3) is 3.45. The number of Topliss-reactive ketones (excluding diaryl/α,β-unsaturated/α-hetero) is 1. The van der Waals surface area contributed by atoms with Crippen LogP contribution < -0.4 is 10.6 Å². The fourth-order valence-electron chi connectivity index (χ4n) is 3.38. The van der Waals surface area contributed by atoms with Crippen molar-refractivity contribution in [2.75, 3.05) is 5.32 Å². The summed E-state index contributed by atoms with van der Waals surface area (Å²) in [6.45, 7) is 3.84. The Kier molecular flexibility index (Phi) is 4.18. The summed E-state index contributed by atoms with van der Waals surface area (Å²) in [6.07, 6.45) is 0.631. The van der Waals surface area contributed by atoms with Crippen LogP contribution in [0.2, 0.25) is 0 Å². The number of ketones is 1. The molecule has 0 aromatic heterocycles. The molecule has 1 aromatic carbocycles. The second-order valence-electron chi connectivity index (χ2n) is 7.26. The number of nitrogens with one attached hydrogen (secondary N) is 2. The summed E-state index contributed by atoms with van der Waals surface area (Å²) in [5.74, 6) is -4.13. The monoisotopic (exact) mass is 348 g/mol. The average Bonchev–Trinajstić information content (AvgIpc) is 2.48. The number of halogens is 2. The van der Waals surface area contributed by atoms with Crippen LogP contribution in [0.4, 0.5) is 14.5 Å². The first-order valence-corrected chi connectivity index (χ1v) is 7.98. The van der Waals surface area contributed by atoms with Crippen LogP contribution in [0.15, 0.2) is 29.5 Å². The molecule has 7 heteroatoms. The molecule has 1 unspecified atom stereocenters. The van der Waals surface area contributed by atoms with Crippen LogP contribution >= 0.6 is 0 Å². The highest BCUT2D eigenvalue weighted by atomic mass is 19.2. The zero-order valence-corrected chi connectivity index (χ0v) is 13.9. The molecule has 1 aliphatic heterocycles. The molecule has 0 saturated heterocycles. The van der Waals surface area contributed by atoms with Gasteiger partial charge in [0.05, 0.1) is 5.92 Å². The number of rotatable bonds is 2. The van der Waals surface area contributed by atoms with Gasteiger partial charge in [-0.3, -0.25) is 14.4 Å². The molecule has 2 N–H and O–H groups in total. The van der Waals surface area contributed by atoms with E-state index in [1.807, 2.05) is 13.8 Å². The Balaban J connectivity index is 1.89. The summed E-state index contributed by atoms with van der Waals surface area (Å²) < 4.78 is 26.3. The van der Waals surface area contributed by atoms with Gasteiger partial charge in [0.1, 0.15) is 0 Å². The van der Waals surface area contributed by atoms with E-state index in [2.05, 4.69) is 10.6 Å². The second kappa shape index (κ2) is 6.06. The van der Waals surface area contributed by atoms with Crippen molar-refractivity contribution in [3.8, 4) is 0 Å². The van der Waals surface area contributed by atoms with Crippen molar-refractivity contribution in [3.05, 3.63) is 41.1 Å². The number of hydrogen-bond acceptors (Lipinski definition) is 3. The van der Waals surface area contributed by atoms with Crippen LogP contribution in [0.25, 0.3) is 0 Å². The van der Waals surface area contributed by atoms with Crippen molar-refractivity contribution in [2.45, 2.75) is 33.1 Å². The molecular weight excluding hydrogens is 330 g/mol. The Hall–Kier alpha value is -2.57. The average molecular weight is 348 g/mol. The van der Waals surface area contributed by atoms with Gasteiger partial charge in [0.15, 0.2) is 17.4 Å². The van der Waals surface area contributed by atoms with Gasteiger partial charge in [0.25, 0.3) is 0 Å². The number of hydrogen-bond donors (Lipinski definition) is 2. The molecule has 1 heterocycles. The Morgan fingerprint density at radius 2 is 1.92 bits per heavy atom. The van der Waals surface area contributed by atoms with Gasteiger partial charge in [-0.1, -0.05) is 13.8 Å². The van der Waals surface area contributed by atoms with Crippen molar-refractivity contribution >= 4 is 23.3 Å². The highest BCUT2D eigenvalue weighted by molar-refractivity contribution is 6.09. The lowest BCUT2D eigenvalue weighted by atomic mass is 9.71. The van der Waals surface area contributed by atoms with Crippen molar-refractivity contribution in [3.63, 3.8) is 0 Å². The van der Waals surface area contributed by atoms with Gasteiger partial charge in [-0.25, -0.2) is 8.78 Å². The molecule has 0 bridgehead atoms. The molecule has 0 saturated carbocycles. The minimum atomic E-state index is -1.09. The van der Waals surface area contributed by atoms with Crippen molar-refractivity contribution < 1.29 is 23.2 Å². The lowest BCUT2D eigenvalue weighted by Crippen LogP contribution is -2.44. The first-order valence-electron chi connectivity index (χ1n) is 7.98. The Labute approximate surface area is 143 Å². The molecule has 1 aromatic rings. The van der Waals surface area contributed by atoms with Crippen LogP contribution in [0.3, 0.4) is 0 Å². The molecule has 3 rings (SSSR count). The third-order valence-corrected chi connectivity index (χ3v) is 4.45. The molecule has 132 valence electrons. The summed E-state index contributed by atoms with van der Waals surface area (Å²) in [6, 6.07) is 2.98. The maximum Gasteiger partial charge on any atom is 0.232 e. The minimum absolute atomic E-state index is 0.0700. The molecule has 0 radical (unpaired) electrons. The number of benzene rings is 1. The SMILES string of the molecule is CC1(C)CC(=O)C2=C(C1)NC(=O)CC2C(=O)Nc1ccc(F)c(F)c1. The first-order chi connectivity index (χ1) is 11.7. The van der Waals surface area contributed by atoms with E-state index in [4.69, 9.17) is 0 Å². The smallest absolute Gasteiger partial charge is 0.232 e. The molecule has 25 heavy (non-hydrogen) atoms. The summed E-state index contributed by atoms with van der Waals surface area (Å²) in [4.78, 5) is 37.1. The molecule has 1 atom stereocenters. The molecule has 1 aliphatic carbocycles. The van der Waals surface area contributed by atoms with Gasteiger partial charge >= 0.3 is 0 Å². The molecule has 2 aliphatic rings. The first kappa shape index (κ1) is 17.3. The van der Waals surface area contributed by atoms with Crippen LogP contribution in [0.5, 0.6) is 0 Å². The standard InChI is InChI=1S/C18H18F2N2O3/c1-18(2)7-13-16(14(23)8-18)10(6-15(24)22-13)17(25)21-9-3-4-11(19)12(20)5-9/h3-5,10H,6-8H2,1-2H3,(H,21,25)(H,22,24). The van der Waals surface area contributed by atoms with E-state index >= 15 is 0 Å². The normalized spacial score (nSPS) is 22.3. The fourth-order valence-corrected chi connectivity index (χ4v) is 3.38. The van der Waals surface area contributed by atoms with Crippen molar-refractivity contribution in [1.82, 2.24) is 5.32 Å². The number of carbonyl (C=O) groups is 3. The van der Waals surface area contributed by atoms with Gasteiger partial charge in [-0.15, -0.1) is 0 Å². The van der Waals surface area contributed by atoms with E-state index < -0.39 is 23.5 Å². The number of amides is 2. The third-order valence-electron chi connectivity index (χ3n) is 4.45. The van der Waals surface area contributed by atoms with Gasteiger partial charge in [0.2, 0.25) is 11.8 Å². The molecule has 2 amide bonds. The predicted molar refractivity (Wildman–Crippen MR) is 86.3 cm³/mol. The highest BCUT2D eigenvalue weighted by Gasteiger charge is 2.42. The maximum atomic E-state index is 13.3. The van der Waals surface area contributed by atoms with E-state index in [0.29, 0.717) is 17.7 Å². The zero-order valence-electron chi connectivity index (χ0n) is 13.9. The second-order valence-corrected chi connectivity index (χ2v) is 7.26. The van der Waals surface area contributed by atoms with E-state index in [9.17, 15) is 23.2 Å². The maximum absolute atomic E-state index is 13.3. The van der Waals surface area contributed by atoms with E-state index in [0.717, 1.165) is 12.1 Å². The molecule has 0 spiro atoms. The summed E-state index contributed by atoms with van der Waals surface area (Å²) >= 11 is 0. The summed E-state index contributed by atoms with van der Waals surface area (Å²) in [5, 5.41) is 5.16. The predicted octanol–water partition coefficient (Wildman–Crippen LogP) is 2.68. The van der Waals surface area contributed by atoms with Crippen LogP contribution in [0.1, 0.15) is 33.1 Å². The van der Waals surface area contributed by atoms with E-state index in [1.165, 1.54) is 6.07 Å². The van der Waals surface area contributed by atoms with Crippen LogP contribution in [0, 0.1) is 23.0 Å². The fraction of sp³-hybridized carbons (Fsp3) is 0.389. The highest BCUT2D eigenvalue weighted by Crippen LogP contribution is 2.40. The lowest BCUT2D eigenvalue weighted by Gasteiger charge is -2.37. The number of anilines is 1. The quantitative estimate of drug-likeness (QED) is 0.863. The Morgan fingerprint density at radius 1 is 1.20 bits per heavy atom. The molecule has 5 nitrogen and oxygen atoms in total. The van der Waals surface area contributed by atoms with E-state index in [1.54, 1.807) is 0 Å². The zero-order chi connectivity index (χ0) is 18.4. The van der Waals surface area contributed by atoms with Gasteiger partial charge in [-0.2, -0.15) is 0 Å². The molecule has 0 fully saturated rings. The van der Waals surface area contributed by atoms with Crippen LogP contribution in [-0.4, -0.2) is 17.6 Å². The van der Waals surface area contributed by atoms with E-state index in [-0.39, 0.29) is 35.6 Å². The van der Waals surface area contributed by atoms with Crippen molar-refractivity contribution in [1.29, 1.82) is 0 Å². The number of allylic oxidation sites excluding steroid dienone is 1. The Bertz CT molecular complexity index is 815. The topological polar surface area (TPSA) is 75.3 Å². The number of carbonyl (C=O) groups excluding carboxylic acids is 3. The van der Waals surface area contributed by atoms with Gasteiger partial charge < -0.3 is 10.6 Å². The van der Waals surface area contributed by atoms with Gasteiger partial charge in [0, 0.05) is 35.9 Å². The summed E-state index contributed by atoms with van der Waals surface area (Å²) in [5.41, 5.74) is 0.587. The minimum Gasteiger partial charge on any atom is -0.329 e. The lowest BCUT2D eigenvalue weighted by molar-refractivity contribution is -0.129. The van der Waals surface area contributed by atoms with Crippen molar-refractivity contribution in [2.24, 2.45) is 11.3 Å². The van der Waals surface area contributed by atoms with Gasteiger partial charge in [-0.05, 0) is 24.0 Å². The largest absolute Gasteiger partial charge is 0.329 e. The molecular formula is C18H18F2N2O3. The Morgan fingerprint density at radius 3 is 2.60 bits per heavy atom. The van der Waals surface area contributed by atoms with Crippen LogP contribution in [-0.2, 0) is 14.4 Å².